The van der Waals surface area contributed by atoms with Gasteiger partial charge in [-0.2, -0.15) is 0 Å². The summed E-state index contributed by atoms with van der Waals surface area (Å²) < 4.78 is 0. The van der Waals surface area contributed by atoms with Crippen LogP contribution in [-0.4, -0.2) is 35.4 Å². The summed E-state index contributed by atoms with van der Waals surface area (Å²) in [6.45, 7) is 3.04. The molecule has 1 fully saturated rings. The number of H-pyrrole nitrogens is 1. The van der Waals surface area contributed by atoms with E-state index in [1.807, 2.05) is 30.3 Å². The summed E-state index contributed by atoms with van der Waals surface area (Å²) in [7, 11) is 0. The lowest BCUT2D eigenvalue weighted by Crippen LogP contribution is -2.41. The molecule has 1 saturated heterocycles. The van der Waals surface area contributed by atoms with Gasteiger partial charge in [0.25, 0.3) is 0 Å². The summed E-state index contributed by atoms with van der Waals surface area (Å²) in [4.78, 5) is 18.0. The maximum Gasteiger partial charge on any atom is 0.234 e. The zero-order valence-electron chi connectivity index (χ0n) is 14.9. The Labute approximate surface area is 154 Å². The Morgan fingerprint density at radius 2 is 1.77 bits per heavy atom. The highest BCUT2D eigenvalue weighted by atomic mass is 16.2. The number of carbonyl (C=O) groups is 1. The topological polar surface area (TPSA) is 48.1 Å². The lowest BCUT2D eigenvalue weighted by atomic mass is 9.93. The van der Waals surface area contributed by atoms with Crippen molar-refractivity contribution in [3.05, 3.63) is 71.9 Å². The van der Waals surface area contributed by atoms with Crippen LogP contribution in [0.25, 0.3) is 10.9 Å². The molecule has 0 spiro atoms. The van der Waals surface area contributed by atoms with Gasteiger partial charge >= 0.3 is 0 Å². The number of piperidine rings is 1. The van der Waals surface area contributed by atoms with Crippen molar-refractivity contribution >= 4 is 16.8 Å². The number of nitrogens with zero attached hydrogens (tertiary/aromatic N) is 1. The zero-order chi connectivity index (χ0) is 17.8. The van der Waals surface area contributed by atoms with Crippen LogP contribution in [0, 0.1) is 0 Å². The van der Waals surface area contributed by atoms with Gasteiger partial charge in [0.05, 0.1) is 6.54 Å². The Kier molecular flexibility index (Phi) is 5.02. The van der Waals surface area contributed by atoms with Gasteiger partial charge in [-0.15, -0.1) is 0 Å². The van der Waals surface area contributed by atoms with Crippen LogP contribution in [0.15, 0.2) is 60.7 Å². The molecule has 2 aromatic carbocycles. The first-order chi connectivity index (χ1) is 12.8. The number of aromatic nitrogens is 1. The number of benzene rings is 2. The quantitative estimate of drug-likeness (QED) is 0.740. The first kappa shape index (κ1) is 16.9. The molecule has 1 aromatic heterocycles. The van der Waals surface area contributed by atoms with Crippen LogP contribution in [0.5, 0.6) is 0 Å². The standard InChI is InChI=1S/C22H25N3O/c26-22(23-15-17-6-2-1-3-7-17)16-25-12-10-18(11-13-25)21-14-19-8-4-5-9-20(19)24-21/h1-9,14,18,24H,10-13,15-16H2,(H,23,26). The van der Waals surface area contributed by atoms with Crippen molar-refractivity contribution in [3.63, 3.8) is 0 Å². The number of aromatic amines is 1. The molecule has 3 aromatic rings. The number of fused-ring (bicyclic) bond motifs is 1. The van der Waals surface area contributed by atoms with Crippen molar-refractivity contribution in [2.75, 3.05) is 19.6 Å². The van der Waals surface area contributed by atoms with Crippen molar-refractivity contribution in [1.29, 1.82) is 0 Å². The molecule has 2 heterocycles. The summed E-state index contributed by atoms with van der Waals surface area (Å²) in [5.41, 5.74) is 3.68. The van der Waals surface area contributed by atoms with E-state index in [1.165, 1.54) is 16.6 Å². The second-order valence-corrected chi connectivity index (χ2v) is 7.12. The Hall–Kier alpha value is -2.59. The van der Waals surface area contributed by atoms with E-state index in [9.17, 15) is 4.79 Å². The molecule has 1 aliphatic heterocycles. The Morgan fingerprint density at radius 1 is 1.04 bits per heavy atom. The Morgan fingerprint density at radius 3 is 2.54 bits per heavy atom. The van der Waals surface area contributed by atoms with Crippen LogP contribution in [0.3, 0.4) is 0 Å². The van der Waals surface area contributed by atoms with E-state index in [0.717, 1.165) is 31.5 Å². The van der Waals surface area contributed by atoms with Crippen LogP contribution in [0.1, 0.15) is 30.0 Å². The van der Waals surface area contributed by atoms with E-state index in [-0.39, 0.29) is 5.91 Å². The van der Waals surface area contributed by atoms with Crippen molar-refractivity contribution in [1.82, 2.24) is 15.2 Å². The maximum absolute atomic E-state index is 12.2. The van der Waals surface area contributed by atoms with E-state index < -0.39 is 0 Å². The third-order valence-corrected chi connectivity index (χ3v) is 5.28. The average molecular weight is 347 g/mol. The fraction of sp³-hybridized carbons (Fsp3) is 0.318. The van der Waals surface area contributed by atoms with Crippen molar-refractivity contribution < 1.29 is 4.79 Å². The van der Waals surface area contributed by atoms with Crippen LogP contribution in [0.2, 0.25) is 0 Å². The third-order valence-electron chi connectivity index (χ3n) is 5.28. The lowest BCUT2D eigenvalue weighted by Gasteiger charge is -2.31. The number of hydrogen-bond acceptors (Lipinski definition) is 2. The summed E-state index contributed by atoms with van der Waals surface area (Å²) in [6.07, 6.45) is 2.19. The summed E-state index contributed by atoms with van der Waals surface area (Å²) >= 11 is 0. The predicted molar refractivity (Wildman–Crippen MR) is 105 cm³/mol. The summed E-state index contributed by atoms with van der Waals surface area (Å²) in [6, 6.07) is 20.8. The van der Waals surface area contributed by atoms with E-state index in [4.69, 9.17) is 0 Å². The first-order valence-corrected chi connectivity index (χ1v) is 9.38. The van der Waals surface area contributed by atoms with Gasteiger partial charge in [0, 0.05) is 23.7 Å². The van der Waals surface area contributed by atoms with Gasteiger partial charge in [0.15, 0.2) is 0 Å². The number of likely N-dealkylation sites (tertiary alicyclic amines) is 1. The highest BCUT2D eigenvalue weighted by Gasteiger charge is 2.23. The fourth-order valence-electron chi connectivity index (χ4n) is 3.77. The average Bonchev–Trinajstić information content (AvgIpc) is 3.12. The molecule has 134 valence electrons. The number of amides is 1. The van der Waals surface area contributed by atoms with Crippen LogP contribution in [0.4, 0.5) is 0 Å². The van der Waals surface area contributed by atoms with Crippen LogP contribution >= 0.6 is 0 Å². The molecule has 26 heavy (non-hydrogen) atoms. The molecule has 4 heteroatoms. The lowest BCUT2D eigenvalue weighted by molar-refractivity contribution is -0.122. The number of rotatable bonds is 5. The second kappa shape index (κ2) is 7.75. The van der Waals surface area contributed by atoms with Crippen molar-refractivity contribution in [2.45, 2.75) is 25.3 Å². The number of carbonyl (C=O) groups excluding carboxylic acids is 1. The van der Waals surface area contributed by atoms with Gasteiger partial charge in [-0.1, -0.05) is 48.5 Å². The molecule has 0 aliphatic carbocycles. The Balaban J connectivity index is 1.26. The van der Waals surface area contributed by atoms with Gasteiger partial charge in [-0.25, -0.2) is 0 Å². The first-order valence-electron chi connectivity index (χ1n) is 9.38. The zero-order valence-corrected chi connectivity index (χ0v) is 14.9. The van der Waals surface area contributed by atoms with Gasteiger partial charge in [-0.3, -0.25) is 9.69 Å². The summed E-state index contributed by atoms with van der Waals surface area (Å²) in [5, 5.41) is 4.30. The van der Waals surface area contributed by atoms with Crippen LogP contribution in [-0.2, 0) is 11.3 Å². The largest absolute Gasteiger partial charge is 0.358 e. The normalized spacial score (nSPS) is 16.0. The molecule has 0 radical (unpaired) electrons. The van der Waals surface area contributed by atoms with Gasteiger partial charge < -0.3 is 10.3 Å². The molecule has 0 saturated carbocycles. The highest BCUT2D eigenvalue weighted by Crippen LogP contribution is 2.29. The molecule has 0 bridgehead atoms. The molecular weight excluding hydrogens is 322 g/mol. The third kappa shape index (κ3) is 3.97. The maximum atomic E-state index is 12.2. The second-order valence-electron chi connectivity index (χ2n) is 7.12. The summed E-state index contributed by atoms with van der Waals surface area (Å²) in [5.74, 6) is 0.670. The predicted octanol–water partition coefficient (Wildman–Crippen LogP) is 3.66. The van der Waals surface area contributed by atoms with Crippen LogP contribution < -0.4 is 5.32 Å². The SMILES string of the molecule is O=C(CN1CCC(c2cc3ccccc3[nH]2)CC1)NCc1ccccc1. The number of hydrogen-bond donors (Lipinski definition) is 2. The van der Waals surface area contributed by atoms with Gasteiger partial charge in [-0.05, 0) is 49.0 Å². The molecule has 0 unspecified atom stereocenters. The molecule has 1 aliphatic rings. The van der Waals surface area contributed by atoms with Crippen molar-refractivity contribution in [2.24, 2.45) is 0 Å². The molecule has 4 nitrogen and oxygen atoms in total. The van der Waals surface area contributed by atoms with Crippen molar-refractivity contribution in [3.8, 4) is 0 Å². The minimum absolute atomic E-state index is 0.109. The monoisotopic (exact) mass is 347 g/mol. The van der Waals surface area contributed by atoms with E-state index in [2.05, 4.69) is 45.5 Å². The van der Waals surface area contributed by atoms with E-state index in [0.29, 0.717) is 19.0 Å². The van der Waals surface area contributed by atoms with Gasteiger partial charge in [0.2, 0.25) is 5.91 Å². The number of para-hydroxylation sites is 1. The molecule has 0 atom stereocenters. The smallest absolute Gasteiger partial charge is 0.234 e. The molecule has 1 amide bonds. The molecular formula is C22H25N3O. The van der Waals surface area contributed by atoms with Gasteiger partial charge in [0.1, 0.15) is 0 Å². The fourth-order valence-corrected chi connectivity index (χ4v) is 3.77. The Bertz CT molecular complexity index is 830. The molecule has 4 rings (SSSR count). The minimum Gasteiger partial charge on any atom is -0.358 e. The number of nitrogens with one attached hydrogen (secondary N) is 2. The highest BCUT2D eigenvalue weighted by molar-refractivity contribution is 5.80. The minimum atomic E-state index is 0.109. The molecule has 2 N–H and O–H groups in total. The van der Waals surface area contributed by atoms with E-state index in [1.54, 1.807) is 0 Å². The van der Waals surface area contributed by atoms with E-state index >= 15 is 0 Å².